The molecule has 2 N–H and O–H groups in total. The van der Waals surface area contributed by atoms with Crippen LogP contribution >= 0.6 is 11.3 Å². The third-order valence-electron chi connectivity index (χ3n) is 3.23. The lowest BCUT2D eigenvalue weighted by Crippen LogP contribution is -2.20. The Morgan fingerprint density at radius 3 is 2.42 bits per heavy atom. The molecule has 1 heterocycles. The summed E-state index contributed by atoms with van der Waals surface area (Å²) in [6, 6.07) is 13.1. The van der Waals surface area contributed by atoms with E-state index in [1.165, 1.54) is 16.0 Å². The van der Waals surface area contributed by atoms with Crippen LogP contribution in [0, 0.1) is 0 Å². The largest absolute Gasteiger partial charge is 0.330 e. The minimum atomic E-state index is 0.722. The first kappa shape index (κ1) is 14.3. The van der Waals surface area contributed by atoms with Crippen LogP contribution in [0.5, 0.6) is 0 Å². The smallest absolute Gasteiger partial charge is 0.0230 e. The summed E-state index contributed by atoms with van der Waals surface area (Å²) in [5, 5.41) is 2.14. The topological polar surface area (TPSA) is 29.3 Å². The molecule has 2 aromatic rings. The molecule has 3 heteroatoms. The monoisotopic (exact) mass is 274 g/mol. The van der Waals surface area contributed by atoms with E-state index in [4.69, 9.17) is 5.73 Å². The maximum absolute atomic E-state index is 5.56. The normalized spacial score (nSPS) is 11.1. The first-order valence-corrected chi connectivity index (χ1v) is 7.64. The molecule has 102 valence electrons. The highest BCUT2D eigenvalue weighted by Crippen LogP contribution is 2.11. The zero-order chi connectivity index (χ0) is 13.5. The number of nitrogens with zero attached hydrogens (tertiary/aromatic N) is 1. The van der Waals surface area contributed by atoms with Gasteiger partial charge in [0.25, 0.3) is 0 Å². The minimum absolute atomic E-state index is 0.722. The van der Waals surface area contributed by atoms with E-state index in [1.807, 2.05) is 11.3 Å². The van der Waals surface area contributed by atoms with Crippen LogP contribution in [0.3, 0.4) is 0 Å². The zero-order valence-corrected chi connectivity index (χ0v) is 12.3. The summed E-state index contributed by atoms with van der Waals surface area (Å²) in [5.41, 5.74) is 8.25. The van der Waals surface area contributed by atoms with Gasteiger partial charge in [0, 0.05) is 18.0 Å². The molecule has 0 bridgehead atoms. The molecule has 0 aliphatic rings. The highest BCUT2D eigenvalue weighted by Gasteiger charge is 2.02. The number of benzene rings is 1. The van der Waals surface area contributed by atoms with Crippen molar-refractivity contribution in [3.8, 4) is 0 Å². The standard InChI is InChI=1S/C16H22N2S/c1-18(11-9-16-3-2-12-19-16)13-15-6-4-14(5-7-15)8-10-17/h2-7,12H,8-11,13,17H2,1H3. The van der Waals surface area contributed by atoms with E-state index in [9.17, 15) is 0 Å². The molecule has 0 spiro atoms. The molecule has 1 aromatic carbocycles. The summed E-state index contributed by atoms with van der Waals surface area (Å²) in [6.45, 7) is 2.83. The molecule has 19 heavy (non-hydrogen) atoms. The molecule has 0 unspecified atom stereocenters. The predicted octanol–water partition coefficient (Wildman–Crippen LogP) is 2.92. The Hall–Kier alpha value is -1.16. The molecule has 0 fully saturated rings. The molecule has 1 aromatic heterocycles. The average molecular weight is 274 g/mol. The predicted molar refractivity (Wildman–Crippen MR) is 83.6 cm³/mol. The molecule has 0 radical (unpaired) electrons. The van der Waals surface area contributed by atoms with Gasteiger partial charge in [-0.1, -0.05) is 30.3 Å². The van der Waals surface area contributed by atoms with Crippen LogP contribution in [0.25, 0.3) is 0 Å². The Kier molecular flexibility index (Phi) is 5.58. The van der Waals surface area contributed by atoms with E-state index in [1.54, 1.807) is 0 Å². The Balaban J connectivity index is 1.79. The van der Waals surface area contributed by atoms with Crippen molar-refractivity contribution >= 4 is 11.3 Å². The lowest BCUT2D eigenvalue weighted by Gasteiger charge is -2.16. The van der Waals surface area contributed by atoms with Crippen LogP contribution in [0.1, 0.15) is 16.0 Å². The number of rotatable bonds is 7. The SMILES string of the molecule is CN(CCc1cccs1)Cc1ccc(CCN)cc1. The lowest BCUT2D eigenvalue weighted by molar-refractivity contribution is 0.332. The summed E-state index contributed by atoms with van der Waals surface area (Å²) in [6.07, 6.45) is 2.11. The highest BCUT2D eigenvalue weighted by molar-refractivity contribution is 7.09. The van der Waals surface area contributed by atoms with E-state index in [2.05, 4.69) is 53.7 Å². The molecular formula is C16H22N2S. The van der Waals surface area contributed by atoms with Crippen LogP contribution in [-0.2, 0) is 19.4 Å². The van der Waals surface area contributed by atoms with Gasteiger partial charge in [-0.25, -0.2) is 0 Å². The molecule has 0 saturated heterocycles. The van der Waals surface area contributed by atoms with Gasteiger partial charge in [0.15, 0.2) is 0 Å². The van der Waals surface area contributed by atoms with Gasteiger partial charge >= 0.3 is 0 Å². The summed E-state index contributed by atoms with van der Waals surface area (Å²) in [4.78, 5) is 3.84. The van der Waals surface area contributed by atoms with E-state index >= 15 is 0 Å². The van der Waals surface area contributed by atoms with E-state index < -0.39 is 0 Å². The highest BCUT2D eigenvalue weighted by atomic mass is 32.1. The summed E-state index contributed by atoms with van der Waals surface area (Å²) < 4.78 is 0. The van der Waals surface area contributed by atoms with Gasteiger partial charge in [-0.2, -0.15) is 0 Å². The van der Waals surface area contributed by atoms with Gasteiger partial charge in [0.1, 0.15) is 0 Å². The molecule has 0 atom stereocenters. The third-order valence-corrected chi connectivity index (χ3v) is 4.16. The number of nitrogens with two attached hydrogens (primary N) is 1. The summed E-state index contributed by atoms with van der Waals surface area (Å²) in [7, 11) is 2.18. The molecule has 2 rings (SSSR count). The van der Waals surface area contributed by atoms with Crippen LogP contribution in [0.4, 0.5) is 0 Å². The van der Waals surface area contributed by atoms with Crippen molar-refractivity contribution in [3.05, 3.63) is 57.8 Å². The maximum atomic E-state index is 5.56. The maximum Gasteiger partial charge on any atom is 0.0230 e. The number of likely N-dealkylation sites (N-methyl/N-ethyl adjacent to an activating group) is 1. The second-order valence-electron chi connectivity index (χ2n) is 4.92. The zero-order valence-electron chi connectivity index (χ0n) is 11.5. The molecule has 2 nitrogen and oxygen atoms in total. The number of thiophene rings is 1. The van der Waals surface area contributed by atoms with Gasteiger partial charge < -0.3 is 10.6 Å². The quantitative estimate of drug-likeness (QED) is 0.841. The fourth-order valence-electron chi connectivity index (χ4n) is 2.12. The van der Waals surface area contributed by atoms with Crippen LogP contribution < -0.4 is 5.73 Å². The van der Waals surface area contributed by atoms with Gasteiger partial charge in [0.05, 0.1) is 0 Å². The number of hydrogen-bond donors (Lipinski definition) is 1. The first-order chi connectivity index (χ1) is 9.28. The van der Waals surface area contributed by atoms with Gasteiger partial charge in [-0.05, 0) is 49.0 Å². The van der Waals surface area contributed by atoms with Crippen molar-refractivity contribution in [2.24, 2.45) is 5.73 Å². The average Bonchev–Trinajstić information content (AvgIpc) is 2.92. The fraction of sp³-hybridized carbons (Fsp3) is 0.375. The Labute approximate surface area is 119 Å². The van der Waals surface area contributed by atoms with Crippen molar-refractivity contribution < 1.29 is 0 Å². The van der Waals surface area contributed by atoms with Crippen LogP contribution in [-0.4, -0.2) is 25.0 Å². The fourth-order valence-corrected chi connectivity index (χ4v) is 2.82. The lowest BCUT2D eigenvalue weighted by atomic mass is 10.1. The summed E-state index contributed by atoms with van der Waals surface area (Å²) >= 11 is 1.84. The second kappa shape index (κ2) is 7.43. The van der Waals surface area contributed by atoms with Crippen molar-refractivity contribution in [2.45, 2.75) is 19.4 Å². The van der Waals surface area contributed by atoms with E-state index in [-0.39, 0.29) is 0 Å². The first-order valence-electron chi connectivity index (χ1n) is 6.77. The van der Waals surface area contributed by atoms with E-state index in [0.717, 1.165) is 32.5 Å². The minimum Gasteiger partial charge on any atom is -0.330 e. The van der Waals surface area contributed by atoms with Crippen LogP contribution in [0.15, 0.2) is 41.8 Å². The van der Waals surface area contributed by atoms with Crippen molar-refractivity contribution in [3.63, 3.8) is 0 Å². The third kappa shape index (κ3) is 4.78. The second-order valence-corrected chi connectivity index (χ2v) is 5.95. The molecular weight excluding hydrogens is 252 g/mol. The van der Waals surface area contributed by atoms with Gasteiger partial charge in [-0.15, -0.1) is 11.3 Å². The number of hydrogen-bond acceptors (Lipinski definition) is 3. The molecule has 0 amide bonds. The van der Waals surface area contributed by atoms with Gasteiger partial charge in [-0.3, -0.25) is 0 Å². The van der Waals surface area contributed by atoms with Crippen molar-refractivity contribution in [1.29, 1.82) is 0 Å². The Morgan fingerprint density at radius 1 is 1.05 bits per heavy atom. The molecule has 0 aliphatic carbocycles. The van der Waals surface area contributed by atoms with Crippen molar-refractivity contribution in [1.82, 2.24) is 4.90 Å². The summed E-state index contributed by atoms with van der Waals surface area (Å²) in [5.74, 6) is 0. The molecule has 0 aliphatic heterocycles. The van der Waals surface area contributed by atoms with Crippen molar-refractivity contribution in [2.75, 3.05) is 20.1 Å². The molecule has 0 saturated carbocycles. The Morgan fingerprint density at radius 2 is 1.79 bits per heavy atom. The Bertz CT molecular complexity index is 462. The van der Waals surface area contributed by atoms with Crippen LogP contribution in [0.2, 0.25) is 0 Å². The van der Waals surface area contributed by atoms with E-state index in [0.29, 0.717) is 0 Å². The van der Waals surface area contributed by atoms with Gasteiger partial charge in [0.2, 0.25) is 0 Å².